The Labute approximate surface area is 195 Å². The molecule has 0 bridgehead atoms. The van der Waals surface area contributed by atoms with Gasteiger partial charge in [0.2, 0.25) is 0 Å². The summed E-state index contributed by atoms with van der Waals surface area (Å²) in [7, 11) is 3.61. The van der Waals surface area contributed by atoms with Crippen LogP contribution in [0.5, 0.6) is 0 Å². The molecule has 4 rings (SSSR count). The van der Waals surface area contributed by atoms with Crippen molar-refractivity contribution in [3.63, 3.8) is 0 Å². The van der Waals surface area contributed by atoms with E-state index in [1.54, 1.807) is 16.5 Å². The zero-order valence-electron chi connectivity index (χ0n) is 18.5. The van der Waals surface area contributed by atoms with E-state index < -0.39 is 0 Å². The second kappa shape index (κ2) is 9.85. The van der Waals surface area contributed by atoms with Crippen molar-refractivity contribution in [1.82, 2.24) is 29.8 Å². The highest BCUT2D eigenvalue weighted by atomic mass is 79.9. The Hall–Kier alpha value is -2.69. The third-order valence-electron chi connectivity index (χ3n) is 5.70. The molecule has 1 saturated heterocycles. The summed E-state index contributed by atoms with van der Waals surface area (Å²) in [5.41, 5.74) is 2.78. The van der Waals surface area contributed by atoms with Crippen LogP contribution >= 0.6 is 15.9 Å². The number of benzene rings is 1. The van der Waals surface area contributed by atoms with E-state index in [0.29, 0.717) is 12.4 Å². The fourth-order valence-corrected chi connectivity index (χ4v) is 4.43. The molecule has 0 spiro atoms. The van der Waals surface area contributed by atoms with Gasteiger partial charge < -0.3 is 10.1 Å². The van der Waals surface area contributed by atoms with E-state index in [2.05, 4.69) is 41.7 Å². The Bertz CT molecular complexity index is 1070. The average Bonchev–Trinajstić information content (AvgIpc) is 3.46. The third kappa shape index (κ3) is 4.87. The maximum Gasteiger partial charge on any atom is 0.320 e. The van der Waals surface area contributed by atoms with Crippen LogP contribution in [0, 0.1) is 6.92 Å². The number of nitrogens with one attached hydrogen (secondary N) is 2. The Morgan fingerprint density at radius 1 is 1.28 bits per heavy atom. The van der Waals surface area contributed by atoms with Crippen LogP contribution in [0.25, 0.3) is 5.69 Å². The first-order valence-corrected chi connectivity index (χ1v) is 11.3. The molecule has 2 aromatic heterocycles. The number of urea groups is 1. The van der Waals surface area contributed by atoms with E-state index in [9.17, 15) is 4.79 Å². The molecule has 0 aliphatic carbocycles. The predicted octanol–water partition coefficient (Wildman–Crippen LogP) is 2.91. The minimum absolute atomic E-state index is 0.0518. The predicted molar refractivity (Wildman–Crippen MR) is 126 cm³/mol. The zero-order chi connectivity index (χ0) is 22.7. The number of ether oxygens (including phenoxy) is 1. The number of amides is 2. The van der Waals surface area contributed by atoms with Gasteiger partial charge in [-0.15, -0.1) is 0 Å². The van der Waals surface area contributed by atoms with Gasteiger partial charge >= 0.3 is 6.03 Å². The van der Waals surface area contributed by atoms with Crippen molar-refractivity contribution in [2.45, 2.75) is 18.9 Å². The Kier molecular flexibility index (Phi) is 6.92. The summed E-state index contributed by atoms with van der Waals surface area (Å²) < 4.78 is 9.53. The largest absolute Gasteiger partial charge is 0.383 e. The highest BCUT2D eigenvalue weighted by molar-refractivity contribution is 9.10. The number of hydrogen-bond donors (Lipinski definition) is 2. The molecule has 1 aromatic carbocycles. The molecule has 170 valence electrons. The van der Waals surface area contributed by atoms with Crippen LogP contribution in [0.2, 0.25) is 0 Å². The maximum atomic E-state index is 13.1. The van der Waals surface area contributed by atoms with E-state index in [1.807, 2.05) is 56.7 Å². The lowest BCUT2D eigenvalue weighted by atomic mass is 9.97. The SMILES string of the molecule is COCCN1CC(NC(=O)Nc2c(Br)c(C)nn2-c2ccccc2)C(c2cnn(C)c2)C1. The second-order valence-corrected chi connectivity index (χ2v) is 8.80. The van der Waals surface area contributed by atoms with E-state index in [1.165, 1.54) is 0 Å². The summed E-state index contributed by atoms with van der Waals surface area (Å²) in [4.78, 5) is 15.4. The summed E-state index contributed by atoms with van der Waals surface area (Å²) in [6.07, 6.45) is 3.89. The van der Waals surface area contributed by atoms with Crippen molar-refractivity contribution in [1.29, 1.82) is 0 Å². The molecule has 2 amide bonds. The first kappa shape index (κ1) is 22.5. The average molecular weight is 502 g/mol. The number of halogens is 1. The lowest BCUT2D eigenvalue weighted by molar-refractivity contribution is 0.159. The number of carbonyl (C=O) groups excluding carboxylic acids is 1. The number of carbonyl (C=O) groups is 1. The minimum atomic E-state index is -0.268. The molecule has 2 atom stereocenters. The lowest BCUT2D eigenvalue weighted by Gasteiger charge is -2.19. The number of methoxy groups -OCH3 is 1. The van der Waals surface area contributed by atoms with Gasteiger partial charge in [-0.1, -0.05) is 18.2 Å². The highest BCUT2D eigenvalue weighted by Gasteiger charge is 2.35. The van der Waals surface area contributed by atoms with Gasteiger partial charge in [0, 0.05) is 45.9 Å². The third-order valence-corrected chi connectivity index (χ3v) is 6.65. The molecule has 2 unspecified atom stereocenters. The number of anilines is 1. The standard InChI is InChI=1S/C22H28BrN7O2/c1-15-20(23)21(30(27-15)17-7-5-4-6-8-17)26-22(31)25-19-14-29(9-10-32-3)13-18(19)16-11-24-28(2)12-16/h4-8,11-12,18-19H,9-10,13-14H2,1-3H3,(H2,25,26,31). The van der Waals surface area contributed by atoms with Gasteiger partial charge in [-0.05, 0) is 40.5 Å². The van der Waals surface area contributed by atoms with Gasteiger partial charge in [-0.2, -0.15) is 10.2 Å². The smallest absolute Gasteiger partial charge is 0.320 e. The number of aromatic nitrogens is 4. The second-order valence-electron chi connectivity index (χ2n) is 8.01. The number of likely N-dealkylation sites (tertiary alicyclic amines) is 1. The van der Waals surface area contributed by atoms with Crippen molar-refractivity contribution in [2.75, 3.05) is 38.7 Å². The Balaban J connectivity index is 1.51. The topological polar surface area (TPSA) is 89.2 Å². The van der Waals surface area contributed by atoms with Crippen LogP contribution < -0.4 is 10.6 Å². The van der Waals surface area contributed by atoms with Gasteiger partial charge in [0.25, 0.3) is 0 Å². The van der Waals surface area contributed by atoms with Crippen LogP contribution in [0.1, 0.15) is 17.2 Å². The fraction of sp³-hybridized carbons (Fsp3) is 0.409. The van der Waals surface area contributed by atoms with Gasteiger partial charge in [-0.3, -0.25) is 14.9 Å². The number of rotatable bonds is 7. The molecule has 0 saturated carbocycles. The van der Waals surface area contributed by atoms with Crippen LogP contribution in [0.3, 0.4) is 0 Å². The first-order chi connectivity index (χ1) is 15.5. The molecular weight excluding hydrogens is 474 g/mol. The summed E-state index contributed by atoms with van der Waals surface area (Å²) in [5, 5.41) is 15.1. The Morgan fingerprint density at radius 3 is 2.75 bits per heavy atom. The lowest BCUT2D eigenvalue weighted by Crippen LogP contribution is -2.42. The van der Waals surface area contributed by atoms with Gasteiger partial charge in [-0.25, -0.2) is 9.48 Å². The number of hydrogen-bond acceptors (Lipinski definition) is 5. The van der Waals surface area contributed by atoms with E-state index in [0.717, 1.165) is 41.1 Å². The van der Waals surface area contributed by atoms with Crippen LogP contribution in [0.15, 0.2) is 47.2 Å². The number of para-hydroxylation sites is 1. The normalized spacial score (nSPS) is 18.8. The molecule has 32 heavy (non-hydrogen) atoms. The van der Waals surface area contributed by atoms with E-state index in [-0.39, 0.29) is 18.0 Å². The van der Waals surface area contributed by atoms with Crippen LogP contribution in [-0.2, 0) is 11.8 Å². The zero-order valence-corrected chi connectivity index (χ0v) is 20.0. The van der Waals surface area contributed by atoms with Gasteiger partial charge in [0.05, 0.1) is 34.7 Å². The summed E-state index contributed by atoms with van der Waals surface area (Å²) in [6.45, 7) is 4.95. The van der Waals surface area contributed by atoms with Crippen LogP contribution in [0.4, 0.5) is 10.6 Å². The molecule has 9 nitrogen and oxygen atoms in total. The molecular formula is C22H28BrN7O2. The number of aryl methyl sites for hydroxylation is 2. The summed E-state index contributed by atoms with van der Waals surface area (Å²) in [6, 6.07) is 9.41. The van der Waals surface area contributed by atoms with E-state index in [4.69, 9.17) is 4.74 Å². The highest BCUT2D eigenvalue weighted by Crippen LogP contribution is 2.30. The van der Waals surface area contributed by atoms with E-state index >= 15 is 0 Å². The fourth-order valence-electron chi connectivity index (χ4n) is 4.09. The van der Waals surface area contributed by atoms with Gasteiger partial charge in [0.1, 0.15) is 0 Å². The van der Waals surface area contributed by atoms with Crippen molar-refractivity contribution >= 4 is 27.8 Å². The summed E-state index contributed by atoms with van der Waals surface area (Å²) >= 11 is 3.57. The van der Waals surface area contributed by atoms with Crippen LogP contribution in [-0.4, -0.2) is 69.9 Å². The molecule has 3 heterocycles. The maximum absolute atomic E-state index is 13.1. The van der Waals surface area contributed by atoms with Gasteiger partial charge in [0.15, 0.2) is 5.82 Å². The first-order valence-electron chi connectivity index (χ1n) is 10.5. The minimum Gasteiger partial charge on any atom is -0.383 e. The molecule has 2 N–H and O–H groups in total. The van der Waals surface area contributed by atoms with Crippen molar-refractivity contribution < 1.29 is 9.53 Å². The van der Waals surface area contributed by atoms with Crippen molar-refractivity contribution in [3.8, 4) is 5.69 Å². The quantitative estimate of drug-likeness (QED) is 0.519. The molecule has 3 aromatic rings. The molecule has 10 heteroatoms. The molecule has 1 aliphatic heterocycles. The molecule has 0 radical (unpaired) electrons. The molecule has 1 aliphatic rings. The monoisotopic (exact) mass is 501 g/mol. The van der Waals surface area contributed by atoms with Crippen molar-refractivity contribution in [3.05, 3.63) is 58.5 Å². The number of nitrogens with zero attached hydrogens (tertiary/aromatic N) is 5. The van der Waals surface area contributed by atoms with Crippen molar-refractivity contribution in [2.24, 2.45) is 7.05 Å². The summed E-state index contributed by atoms with van der Waals surface area (Å²) in [5.74, 6) is 0.744. The Morgan fingerprint density at radius 2 is 2.06 bits per heavy atom. The molecule has 1 fully saturated rings.